The number of rotatable bonds is 9. The first-order chi connectivity index (χ1) is 9.69. The van der Waals surface area contributed by atoms with Crippen molar-refractivity contribution in [2.45, 2.75) is 51.7 Å². The second-order valence-electron chi connectivity index (χ2n) is 5.95. The van der Waals surface area contributed by atoms with Gasteiger partial charge in [0.2, 0.25) is 0 Å². The van der Waals surface area contributed by atoms with Gasteiger partial charge >= 0.3 is 0 Å². The van der Waals surface area contributed by atoms with Crippen molar-refractivity contribution in [3.05, 3.63) is 34.3 Å². The van der Waals surface area contributed by atoms with Crippen LogP contribution in [0.5, 0.6) is 0 Å². The van der Waals surface area contributed by atoms with E-state index in [1.165, 1.54) is 31.2 Å². The molecule has 2 rings (SSSR count). The molecule has 0 heterocycles. The minimum absolute atomic E-state index is 0.160. The zero-order chi connectivity index (χ0) is 14.4. The van der Waals surface area contributed by atoms with E-state index in [9.17, 15) is 0 Å². The Morgan fingerprint density at radius 3 is 2.85 bits per heavy atom. The molecule has 0 spiro atoms. The van der Waals surface area contributed by atoms with E-state index in [4.69, 9.17) is 4.74 Å². The molecular formula is C17H26BrNO. The summed E-state index contributed by atoms with van der Waals surface area (Å²) < 4.78 is 7.31. The number of nitrogens with one attached hydrogen (secondary N) is 1. The van der Waals surface area contributed by atoms with Gasteiger partial charge < -0.3 is 10.1 Å². The lowest BCUT2D eigenvalue weighted by Gasteiger charge is -2.21. The molecule has 1 aromatic rings. The summed E-state index contributed by atoms with van der Waals surface area (Å²) in [5.41, 5.74) is 1.26. The number of benzene rings is 1. The number of halogens is 1. The van der Waals surface area contributed by atoms with Gasteiger partial charge in [-0.15, -0.1) is 0 Å². The number of ether oxygens (including phenoxy) is 1. The molecule has 0 aromatic heterocycles. The molecular weight excluding hydrogens is 314 g/mol. The van der Waals surface area contributed by atoms with E-state index in [2.05, 4.69) is 59.4 Å². The normalized spacial score (nSPS) is 17.9. The topological polar surface area (TPSA) is 21.3 Å². The van der Waals surface area contributed by atoms with Crippen molar-refractivity contribution >= 4 is 15.9 Å². The van der Waals surface area contributed by atoms with Crippen LogP contribution in [-0.2, 0) is 4.74 Å². The van der Waals surface area contributed by atoms with E-state index in [1.54, 1.807) is 0 Å². The van der Waals surface area contributed by atoms with E-state index < -0.39 is 0 Å². The van der Waals surface area contributed by atoms with E-state index >= 15 is 0 Å². The van der Waals surface area contributed by atoms with Crippen LogP contribution in [0.25, 0.3) is 0 Å². The summed E-state index contributed by atoms with van der Waals surface area (Å²) in [7, 11) is 0. The fourth-order valence-electron chi connectivity index (χ4n) is 2.40. The predicted octanol–water partition coefficient (Wildman–Crippen LogP) is 4.70. The van der Waals surface area contributed by atoms with Crippen molar-refractivity contribution in [2.24, 2.45) is 5.92 Å². The predicted molar refractivity (Wildman–Crippen MR) is 87.9 cm³/mol. The monoisotopic (exact) mass is 339 g/mol. The molecule has 2 nitrogen and oxygen atoms in total. The Bertz CT molecular complexity index is 406. The highest BCUT2D eigenvalue weighted by molar-refractivity contribution is 9.10. The van der Waals surface area contributed by atoms with Gasteiger partial charge in [0.05, 0.1) is 12.7 Å². The molecule has 2 atom stereocenters. The van der Waals surface area contributed by atoms with Crippen molar-refractivity contribution in [3.8, 4) is 0 Å². The van der Waals surface area contributed by atoms with Crippen LogP contribution in [0, 0.1) is 5.92 Å². The third-order valence-corrected chi connectivity index (χ3v) is 4.25. The minimum atomic E-state index is 0.160. The van der Waals surface area contributed by atoms with Crippen LogP contribution in [0.3, 0.4) is 0 Å². The first-order valence-corrected chi connectivity index (χ1v) is 8.58. The van der Waals surface area contributed by atoms with Gasteiger partial charge in [0.25, 0.3) is 0 Å². The molecule has 0 bridgehead atoms. The van der Waals surface area contributed by atoms with Crippen molar-refractivity contribution in [1.29, 1.82) is 0 Å². The Balaban J connectivity index is 1.92. The summed E-state index contributed by atoms with van der Waals surface area (Å²) >= 11 is 3.55. The largest absolute Gasteiger partial charge is 0.372 e. The second-order valence-corrected chi connectivity index (χ2v) is 6.87. The van der Waals surface area contributed by atoms with Gasteiger partial charge in [0.15, 0.2) is 0 Å². The molecule has 0 amide bonds. The molecule has 3 heteroatoms. The molecule has 1 aromatic carbocycles. The lowest BCUT2D eigenvalue weighted by molar-refractivity contribution is 0.0297. The Labute approximate surface area is 131 Å². The molecule has 0 aliphatic heterocycles. The summed E-state index contributed by atoms with van der Waals surface area (Å²) in [4.78, 5) is 0. The summed E-state index contributed by atoms with van der Waals surface area (Å²) in [5.74, 6) is 0.635. The molecule has 0 saturated heterocycles. The third kappa shape index (κ3) is 5.55. The standard InChI is InChI=1S/C17H26BrNO/c1-3-5-13(2)12-20-17(11-19-16-8-9-16)14-6-4-7-15(18)10-14/h4,6-7,10,13,16-17,19H,3,5,8-9,11-12H2,1-2H3. The zero-order valence-corrected chi connectivity index (χ0v) is 14.2. The first-order valence-electron chi connectivity index (χ1n) is 7.79. The molecule has 20 heavy (non-hydrogen) atoms. The molecule has 1 aliphatic carbocycles. The maximum atomic E-state index is 6.19. The Morgan fingerprint density at radius 2 is 2.20 bits per heavy atom. The fourth-order valence-corrected chi connectivity index (χ4v) is 2.81. The van der Waals surface area contributed by atoms with E-state index in [0.717, 1.165) is 23.7 Å². The van der Waals surface area contributed by atoms with Crippen molar-refractivity contribution in [2.75, 3.05) is 13.2 Å². The number of hydrogen-bond acceptors (Lipinski definition) is 2. The minimum Gasteiger partial charge on any atom is -0.372 e. The molecule has 1 saturated carbocycles. The van der Waals surface area contributed by atoms with Crippen LogP contribution in [0.2, 0.25) is 0 Å². The van der Waals surface area contributed by atoms with Gasteiger partial charge in [-0.25, -0.2) is 0 Å². The van der Waals surface area contributed by atoms with Gasteiger partial charge in [-0.05, 0) is 42.9 Å². The Kier molecular flexibility index (Phi) is 6.53. The zero-order valence-electron chi connectivity index (χ0n) is 12.6. The van der Waals surface area contributed by atoms with Crippen LogP contribution in [0.4, 0.5) is 0 Å². The van der Waals surface area contributed by atoms with Gasteiger partial charge in [0, 0.05) is 17.1 Å². The van der Waals surface area contributed by atoms with E-state index in [0.29, 0.717) is 5.92 Å². The maximum absolute atomic E-state index is 6.19. The molecule has 1 N–H and O–H groups in total. The van der Waals surface area contributed by atoms with Crippen LogP contribution in [0.15, 0.2) is 28.7 Å². The van der Waals surface area contributed by atoms with Crippen LogP contribution in [-0.4, -0.2) is 19.2 Å². The summed E-state index contributed by atoms with van der Waals surface area (Å²) in [6.07, 6.45) is 5.26. The van der Waals surface area contributed by atoms with Crippen LogP contribution in [0.1, 0.15) is 51.2 Å². The average molecular weight is 340 g/mol. The molecule has 1 fully saturated rings. The van der Waals surface area contributed by atoms with E-state index in [-0.39, 0.29) is 6.10 Å². The van der Waals surface area contributed by atoms with Crippen molar-refractivity contribution < 1.29 is 4.74 Å². The van der Waals surface area contributed by atoms with Crippen molar-refractivity contribution in [3.63, 3.8) is 0 Å². The summed E-state index contributed by atoms with van der Waals surface area (Å²) in [6, 6.07) is 9.20. The first kappa shape index (κ1) is 16.0. The smallest absolute Gasteiger partial charge is 0.0949 e. The SMILES string of the molecule is CCCC(C)COC(CNC1CC1)c1cccc(Br)c1. The van der Waals surface area contributed by atoms with E-state index in [1.807, 2.05) is 0 Å². The quantitative estimate of drug-likeness (QED) is 0.704. The second kappa shape index (κ2) is 8.16. The van der Waals surface area contributed by atoms with Crippen LogP contribution >= 0.6 is 15.9 Å². The third-order valence-electron chi connectivity index (χ3n) is 3.75. The van der Waals surface area contributed by atoms with Crippen molar-refractivity contribution in [1.82, 2.24) is 5.32 Å². The lowest BCUT2D eigenvalue weighted by atomic mass is 10.1. The summed E-state index contributed by atoms with van der Waals surface area (Å²) in [6.45, 7) is 6.27. The van der Waals surface area contributed by atoms with Gasteiger partial charge in [-0.1, -0.05) is 48.3 Å². The fraction of sp³-hybridized carbons (Fsp3) is 0.647. The highest BCUT2D eigenvalue weighted by Crippen LogP contribution is 2.24. The molecule has 2 unspecified atom stereocenters. The van der Waals surface area contributed by atoms with Gasteiger partial charge in [0.1, 0.15) is 0 Å². The molecule has 0 radical (unpaired) electrons. The Hall–Kier alpha value is -0.380. The van der Waals surface area contributed by atoms with Gasteiger partial charge in [-0.3, -0.25) is 0 Å². The Morgan fingerprint density at radius 1 is 1.40 bits per heavy atom. The maximum Gasteiger partial charge on any atom is 0.0949 e. The van der Waals surface area contributed by atoms with Crippen LogP contribution < -0.4 is 5.32 Å². The lowest BCUT2D eigenvalue weighted by Crippen LogP contribution is -2.26. The van der Waals surface area contributed by atoms with Gasteiger partial charge in [-0.2, -0.15) is 0 Å². The number of hydrogen-bond donors (Lipinski definition) is 1. The molecule has 112 valence electrons. The summed E-state index contributed by atoms with van der Waals surface area (Å²) in [5, 5.41) is 3.59. The highest BCUT2D eigenvalue weighted by atomic mass is 79.9. The molecule has 1 aliphatic rings. The average Bonchev–Trinajstić information content (AvgIpc) is 3.23. The highest BCUT2D eigenvalue weighted by Gasteiger charge is 2.23.